The van der Waals surface area contributed by atoms with E-state index in [1.54, 1.807) is 6.92 Å². The summed E-state index contributed by atoms with van der Waals surface area (Å²) in [6, 6.07) is 0.552. The number of guanidine groups is 1. The number of aliphatic imine (C=N–C) groups is 1. The zero-order chi connectivity index (χ0) is 17.4. The van der Waals surface area contributed by atoms with Crippen molar-refractivity contribution in [3.63, 3.8) is 0 Å². The van der Waals surface area contributed by atoms with Crippen LogP contribution in [-0.2, 0) is 14.8 Å². The monoisotopic (exact) mass is 361 g/mol. The molecule has 0 spiro atoms. The summed E-state index contributed by atoms with van der Waals surface area (Å²) in [5.74, 6) is 0.980. The topological polar surface area (TPSA) is 86.3 Å². The Labute approximate surface area is 145 Å². The Morgan fingerprint density at radius 2 is 2.00 bits per heavy atom. The zero-order valence-corrected chi connectivity index (χ0v) is 15.6. The second-order valence-electron chi connectivity index (χ2n) is 6.07. The van der Waals surface area contributed by atoms with Gasteiger partial charge in [-0.05, 0) is 20.3 Å². The molecule has 0 aromatic rings. The molecule has 0 aliphatic carbocycles. The quantitative estimate of drug-likeness (QED) is 0.354. The molecule has 8 nitrogen and oxygen atoms in total. The van der Waals surface area contributed by atoms with Gasteiger partial charge in [0, 0.05) is 45.3 Å². The highest BCUT2D eigenvalue weighted by molar-refractivity contribution is 7.89. The van der Waals surface area contributed by atoms with Crippen LogP contribution in [0.3, 0.4) is 0 Å². The maximum Gasteiger partial charge on any atom is 0.211 e. The van der Waals surface area contributed by atoms with Crippen LogP contribution < -0.4 is 10.0 Å². The Hall–Kier alpha value is -0.900. The van der Waals surface area contributed by atoms with Gasteiger partial charge < -0.3 is 15.0 Å². The molecule has 0 saturated carbocycles. The number of nitrogens with zero attached hydrogens (tertiary/aromatic N) is 3. The Morgan fingerprint density at radius 1 is 1.25 bits per heavy atom. The minimum atomic E-state index is -3.14. The molecule has 140 valence electrons. The van der Waals surface area contributed by atoms with Gasteiger partial charge in [0.25, 0.3) is 0 Å². The predicted molar refractivity (Wildman–Crippen MR) is 95.8 cm³/mol. The van der Waals surface area contributed by atoms with Gasteiger partial charge in [-0.25, -0.2) is 13.1 Å². The van der Waals surface area contributed by atoms with Crippen molar-refractivity contribution in [3.05, 3.63) is 0 Å². The van der Waals surface area contributed by atoms with Crippen molar-refractivity contribution >= 4 is 16.0 Å². The summed E-state index contributed by atoms with van der Waals surface area (Å²) in [4.78, 5) is 9.35. The lowest BCUT2D eigenvalue weighted by Gasteiger charge is -2.32. The number of hydrogen-bond acceptors (Lipinski definition) is 5. The van der Waals surface area contributed by atoms with Gasteiger partial charge in [-0.1, -0.05) is 0 Å². The fourth-order valence-electron chi connectivity index (χ4n) is 3.07. The van der Waals surface area contributed by atoms with Crippen LogP contribution in [-0.4, -0.2) is 95.0 Å². The normalized spacial score (nSPS) is 23.7. The smallest absolute Gasteiger partial charge is 0.211 e. The van der Waals surface area contributed by atoms with Gasteiger partial charge in [-0.2, -0.15) is 0 Å². The van der Waals surface area contributed by atoms with Crippen LogP contribution >= 0.6 is 0 Å². The summed E-state index contributed by atoms with van der Waals surface area (Å²) < 4.78 is 30.9. The molecule has 2 aliphatic heterocycles. The molecule has 0 aromatic carbocycles. The van der Waals surface area contributed by atoms with Crippen molar-refractivity contribution in [1.82, 2.24) is 19.8 Å². The minimum Gasteiger partial charge on any atom is -0.379 e. The first-order chi connectivity index (χ1) is 11.6. The minimum absolute atomic E-state index is 0.101. The lowest BCUT2D eigenvalue weighted by atomic mass is 10.2. The van der Waals surface area contributed by atoms with E-state index in [0.717, 1.165) is 58.3 Å². The molecule has 9 heteroatoms. The number of nitrogens with one attached hydrogen (secondary N) is 2. The summed E-state index contributed by atoms with van der Waals surface area (Å²) in [7, 11) is -3.14. The molecule has 1 atom stereocenters. The molecular weight excluding hydrogens is 330 g/mol. The van der Waals surface area contributed by atoms with E-state index in [-0.39, 0.29) is 5.75 Å². The van der Waals surface area contributed by atoms with Crippen molar-refractivity contribution < 1.29 is 13.2 Å². The number of rotatable bonds is 7. The number of morpholine rings is 1. The van der Waals surface area contributed by atoms with E-state index in [9.17, 15) is 8.42 Å². The van der Waals surface area contributed by atoms with Gasteiger partial charge in [-0.3, -0.25) is 9.89 Å². The van der Waals surface area contributed by atoms with Crippen molar-refractivity contribution in [2.75, 3.05) is 64.8 Å². The predicted octanol–water partition coefficient (Wildman–Crippen LogP) is -0.702. The summed E-state index contributed by atoms with van der Waals surface area (Å²) in [5.41, 5.74) is 0. The van der Waals surface area contributed by atoms with Crippen LogP contribution in [0.2, 0.25) is 0 Å². The molecule has 0 bridgehead atoms. The molecule has 1 unspecified atom stereocenters. The van der Waals surface area contributed by atoms with Crippen LogP contribution in [0, 0.1) is 0 Å². The first kappa shape index (κ1) is 19.4. The zero-order valence-electron chi connectivity index (χ0n) is 14.8. The van der Waals surface area contributed by atoms with Gasteiger partial charge in [0.2, 0.25) is 10.0 Å². The third-order valence-corrected chi connectivity index (χ3v) is 5.84. The molecule has 0 aromatic heterocycles. The second-order valence-corrected chi connectivity index (χ2v) is 8.17. The molecule has 2 aliphatic rings. The summed E-state index contributed by atoms with van der Waals surface area (Å²) >= 11 is 0. The van der Waals surface area contributed by atoms with Crippen LogP contribution in [0.15, 0.2) is 4.99 Å². The number of ether oxygens (including phenoxy) is 1. The largest absolute Gasteiger partial charge is 0.379 e. The average Bonchev–Trinajstić information content (AvgIpc) is 3.08. The van der Waals surface area contributed by atoms with Crippen molar-refractivity contribution in [1.29, 1.82) is 0 Å². The van der Waals surface area contributed by atoms with Crippen molar-refractivity contribution in [2.24, 2.45) is 4.99 Å². The lowest BCUT2D eigenvalue weighted by Crippen LogP contribution is -2.46. The third-order valence-electron chi connectivity index (χ3n) is 4.44. The van der Waals surface area contributed by atoms with E-state index in [0.29, 0.717) is 19.1 Å². The first-order valence-corrected chi connectivity index (χ1v) is 10.5. The van der Waals surface area contributed by atoms with Crippen LogP contribution in [0.25, 0.3) is 0 Å². The van der Waals surface area contributed by atoms with E-state index < -0.39 is 10.0 Å². The molecule has 2 rings (SSSR count). The van der Waals surface area contributed by atoms with Crippen LogP contribution in [0.4, 0.5) is 0 Å². The maximum atomic E-state index is 11.4. The molecule has 2 N–H and O–H groups in total. The van der Waals surface area contributed by atoms with E-state index >= 15 is 0 Å². The Balaban J connectivity index is 1.84. The Morgan fingerprint density at radius 3 is 2.67 bits per heavy atom. The molecule has 24 heavy (non-hydrogen) atoms. The second kappa shape index (κ2) is 9.55. The molecule has 2 saturated heterocycles. The summed E-state index contributed by atoms with van der Waals surface area (Å²) in [6.07, 6.45) is 1.13. The van der Waals surface area contributed by atoms with E-state index in [1.807, 2.05) is 6.92 Å². The summed E-state index contributed by atoms with van der Waals surface area (Å²) in [5, 5.41) is 3.32. The molecule has 0 amide bonds. The molecule has 0 radical (unpaired) electrons. The Bertz CT molecular complexity index is 505. The fraction of sp³-hybridized carbons (Fsp3) is 0.933. The molecular formula is C15H31N5O3S. The number of sulfonamides is 1. The molecule has 2 heterocycles. The van der Waals surface area contributed by atoms with Gasteiger partial charge in [0.1, 0.15) is 0 Å². The van der Waals surface area contributed by atoms with Crippen molar-refractivity contribution in [2.45, 2.75) is 26.3 Å². The van der Waals surface area contributed by atoms with E-state index in [2.05, 4.69) is 24.8 Å². The highest BCUT2D eigenvalue weighted by Crippen LogP contribution is 2.17. The van der Waals surface area contributed by atoms with E-state index in [4.69, 9.17) is 4.74 Å². The van der Waals surface area contributed by atoms with Gasteiger partial charge in [-0.15, -0.1) is 0 Å². The number of hydrogen-bond donors (Lipinski definition) is 2. The maximum absolute atomic E-state index is 11.4. The van der Waals surface area contributed by atoms with Crippen LogP contribution in [0.1, 0.15) is 20.3 Å². The first-order valence-electron chi connectivity index (χ1n) is 8.88. The van der Waals surface area contributed by atoms with E-state index in [1.165, 1.54) is 0 Å². The van der Waals surface area contributed by atoms with Gasteiger partial charge in [0.15, 0.2) is 5.96 Å². The fourth-order valence-corrected chi connectivity index (χ4v) is 3.67. The standard InChI is InChI=1S/C15H31N5O3S/c1-3-16-15(17-6-7-18-24(21,22)4-2)20-8-5-14(13-20)19-9-11-23-12-10-19/h14,18H,3-13H2,1-2H3,(H,16,17). The summed E-state index contributed by atoms with van der Waals surface area (Å²) in [6.45, 7) is 10.9. The highest BCUT2D eigenvalue weighted by atomic mass is 32.2. The van der Waals surface area contributed by atoms with Crippen LogP contribution in [0.5, 0.6) is 0 Å². The van der Waals surface area contributed by atoms with Crippen molar-refractivity contribution in [3.8, 4) is 0 Å². The lowest BCUT2D eigenvalue weighted by molar-refractivity contribution is 0.0195. The van der Waals surface area contributed by atoms with Gasteiger partial charge in [0.05, 0.1) is 25.5 Å². The third kappa shape index (κ3) is 5.87. The highest BCUT2D eigenvalue weighted by Gasteiger charge is 2.30. The Kier molecular flexibility index (Phi) is 7.73. The number of likely N-dealkylation sites (tertiary alicyclic amines) is 1. The SMILES string of the molecule is CCNC(=NCCNS(=O)(=O)CC)N1CCC(N2CCOCC2)C1. The van der Waals surface area contributed by atoms with Gasteiger partial charge >= 0.3 is 0 Å². The molecule has 2 fully saturated rings. The average molecular weight is 362 g/mol.